The van der Waals surface area contributed by atoms with E-state index in [4.69, 9.17) is 0 Å². The van der Waals surface area contributed by atoms with E-state index >= 15 is 0 Å². The fourth-order valence-electron chi connectivity index (χ4n) is 0. The maximum atomic E-state index is 4.66. The van der Waals surface area contributed by atoms with E-state index in [-0.39, 0.29) is 23.8 Å². The van der Waals surface area contributed by atoms with E-state index in [1.165, 1.54) is 0 Å². The Balaban J connectivity index is -0.0000000512. The third kappa shape index (κ3) is 67.1. The van der Waals surface area contributed by atoms with E-state index in [1.807, 2.05) is 14.1 Å². The number of hydrogen-bond acceptors (Lipinski definition) is 4. The monoisotopic (exact) mass is 304 g/mol. The van der Waals surface area contributed by atoms with Crippen LogP contribution in [0.15, 0.2) is 13.2 Å². The molecule has 72 valence electrons. The van der Waals surface area contributed by atoms with E-state index in [2.05, 4.69) is 68.6 Å². The van der Waals surface area contributed by atoms with Crippen LogP contribution in [0.2, 0.25) is 0 Å². The van der Waals surface area contributed by atoms with Gasteiger partial charge in [-0.2, -0.15) is 0 Å². The molecule has 0 saturated heterocycles. The molecule has 2 nitrogen and oxygen atoms in total. The summed E-state index contributed by atoms with van der Waals surface area (Å²) in [6, 6.07) is 0. The van der Waals surface area contributed by atoms with Crippen molar-refractivity contribution in [2.75, 3.05) is 14.1 Å². The number of nitrogens with two attached hydrogens (primary N) is 1. The van der Waals surface area contributed by atoms with Crippen molar-refractivity contribution in [2.45, 2.75) is 0 Å². The fourth-order valence-corrected chi connectivity index (χ4v) is 0. The van der Waals surface area contributed by atoms with Crippen molar-refractivity contribution in [3.8, 4) is 0 Å². The van der Waals surface area contributed by atoms with Crippen LogP contribution in [-0.4, -0.2) is 27.6 Å². The quantitative estimate of drug-likeness (QED) is 0.310. The van der Waals surface area contributed by atoms with Gasteiger partial charge in [0, 0.05) is 14.1 Å². The fraction of sp³-hybridized carbons (Fsp3) is 0.333. The van der Waals surface area contributed by atoms with Crippen LogP contribution in [0, 0.1) is 0 Å². The molecular formula is C6H12N2S4Zn. The van der Waals surface area contributed by atoms with Gasteiger partial charge in [0.1, 0.15) is 0 Å². The van der Waals surface area contributed by atoms with Crippen molar-refractivity contribution in [3.63, 3.8) is 0 Å². The number of nitrogens with zero attached hydrogens (tertiary/aromatic N) is 1. The van der Waals surface area contributed by atoms with Gasteiger partial charge in [-0.05, 0) is 0 Å². The van der Waals surface area contributed by atoms with Gasteiger partial charge in [-0.25, -0.2) is 0 Å². The molecule has 0 saturated carbocycles. The molecule has 2 N–H and O–H groups in total. The normalized spacial score (nSPS) is 5.69. The van der Waals surface area contributed by atoms with E-state index < -0.39 is 0 Å². The third-order valence-electron chi connectivity index (χ3n) is 0.365. The van der Waals surface area contributed by atoms with Crippen LogP contribution < -0.4 is 5.73 Å². The molecule has 0 aromatic heterocycles. The van der Waals surface area contributed by atoms with Gasteiger partial charge >= 0.3 is 19.5 Å². The van der Waals surface area contributed by atoms with Crippen LogP contribution in [0.3, 0.4) is 0 Å². The predicted octanol–water partition coefficient (Wildman–Crippen LogP) is 0.956. The first-order valence-electron chi connectivity index (χ1n) is 2.72. The minimum atomic E-state index is 0. The summed E-state index contributed by atoms with van der Waals surface area (Å²) in [5.74, 6) is 0. The molecule has 0 rings (SSSR count). The molecule has 0 radical (unpaired) electrons. The average molecular weight is 306 g/mol. The summed E-state index contributed by atoms with van der Waals surface area (Å²) in [5.41, 5.74) is 4.66. The topological polar surface area (TPSA) is 29.3 Å². The van der Waals surface area contributed by atoms with Crippen LogP contribution in [0.25, 0.3) is 0 Å². The molecule has 0 bridgehead atoms. The second-order valence-electron chi connectivity index (χ2n) is 1.48. The number of thiocarbonyl (C=S) groups is 2. The van der Waals surface area contributed by atoms with Gasteiger partial charge in [0.05, 0.1) is 0 Å². The third-order valence-corrected chi connectivity index (χ3v) is 1.10. The molecule has 0 spiro atoms. The summed E-state index contributed by atoms with van der Waals surface area (Å²) in [6.45, 7) is 6.00. The zero-order valence-corrected chi connectivity index (χ0v) is 14.0. The molecule has 0 unspecified atom stereocenters. The molecule has 0 aliphatic heterocycles. The van der Waals surface area contributed by atoms with Crippen LogP contribution >= 0.6 is 24.4 Å². The predicted molar refractivity (Wildman–Crippen MR) is 69.1 cm³/mol. The second kappa shape index (κ2) is 18.4. The standard InChI is InChI=1S/C3H7NS2.C2H4.CH3NS2.Zn/c1-4(2)3(5)6;1-2;2-1(3)4;/h1-2H3,(H,5,6);1-2H2;(H3,2,3,4);/q;;;+2/p-2. The molecule has 0 aromatic carbocycles. The summed E-state index contributed by atoms with van der Waals surface area (Å²) < 4.78 is 0.593. The zero-order valence-electron chi connectivity index (χ0n) is 7.78. The largest absolute Gasteiger partial charge is 2.00 e. The average Bonchev–Trinajstić information content (AvgIpc) is 1.90. The minimum absolute atomic E-state index is 0. The van der Waals surface area contributed by atoms with Crippen molar-refractivity contribution in [1.29, 1.82) is 0 Å². The first kappa shape index (κ1) is 23.4. The van der Waals surface area contributed by atoms with Crippen LogP contribution in [0.1, 0.15) is 0 Å². The van der Waals surface area contributed by atoms with E-state index in [9.17, 15) is 0 Å². The summed E-state index contributed by atoms with van der Waals surface area (Å²) in [6.07, 6.45) is 0. The molecule has 7 heteroatoms. The summed E-state index contributed by atoms with van der Waals surface area (Å²) in [7, 11) is 3.66. The zero-order chi connectivity index (χ0) is 10.7. The van der Waals surface area contributed by atoms with Crippen LogP contribution in [0.5, 0.6) is 0 Å². The van der Waals surface area contributed by atoms with Gasteiger partial charge in [-0.15, -0.1) is 13.2 Å². The smallest absolute Gasteiger partial charge is 0.415 e. The maximum absolute atomic E-state index is 4.66. The number of hydrogen-bond donors (Lipinski definition) is 1. The van der Waals surface area contributed by atoms with Crippen LogP contribution in [-0.2, 0) is 44.7 Å². The van der Waals surface area contributed by atoms with Crippen molar-refractivity contribution < 1.29 is 19.5 Å². The van der Waals surface area contributed by atoms with E-state index in [1.54, 1.807) is 4.90 Å². The molecule has 0 aliphatic carbocycles. The molecule has 13 heavy (non-hydrogen) atoms. The van der Waals surface area contributed by atoms with E-state index in [0.29, 0.717) is 4.32 Å². The van der Waals surface area contributed by atoms with Gasteiger partial charge in [0.2, 0.25) is 0 Å². The van der Waals surface area contributed by atoms with Crippen molar-refractivity contribution in [1.82, 2.24) is 4.90 Å². The van der Waals surface area contributed by atoms with Crippen molar-refractivity contribution >= 4 is 58.3 Å². The molecule has 0 fully saturated rings. The van der Waals surface area contributed by atoms with Gasteiger partial charge in [0.25, 0.3) is 0 Å². The van der Waals surface area contributed by atoms with Crippen LogP contribution in [0.4, 0.5) is 0 Å². The maximum Gasteiger partial charge on any atom is 2.00 e. The molecule has 0 amide bonds. The Labute approximate surface area is 115 Å². The van der Waals surface area contributed by atoms with Gasteiger partial charge in [-0.1, -0.05) is 8.64 Å². The Morgan fingerprint density at radius 1 is 1.23 bits per heavy atom. The van der Waals surface area contributed by atoms with Crippen molar-refractivity contribution in [2.24, 2.45) is 5.73 Å². The second-order valence-corrected chi connectivity index (χ2v) is 3.65. The Bertz CT molecular complexity index is 137. The molecule has 0 atom stereocenters. The van der Waals surface area contributed by atoms with E-state index in [0.717, 1.165) is 0 Å². The SMILES string of the molecule is C=C.CN(C)C(=S)[S-].NC(=S)[S-].[Zn+2]. The Morgan fingerprint density at radius 3 is 1.31 bits per heavy atom. The first-order chi connectivity index (χ1) is 5.37. The van der Waals surface area contributed by atoms with Gasteiger partial charge in [0.15, 0.2) is 0 Å². The molecule has 0 heterocycles. The molecule has 0 aliphatic rings. The Morgan fingerprint density at radius 2 is 1.31 bits per heavy atom. The summed E-state index contributed by atoms with van der Waals surface area (Å²) >= 11 is 17.4. The summed E-state index contributed by atoms with van der Waals surface area (Å²) in [4.78, 5) is 1.71. The minimum Gasteiger partial charge on any atom is -0.415 e. The number of rotatable bonds is 0. The summed E-state index contributed by atoms with van der Waals surface area (Å²) in [5, 5.41) is 0. The Hall–Kier alpha value is 0.583. The Kier molecular flexibility index (Phi) is 33.1. The molecular weight excluding hydrogens is 294 g/mol. The first-order valence-corrected chi connectivity index (χ1v) is 4.36. The van der Waals surface area contributed by atoms with Gasteiger partial charge in [-0.3, -0.25) is 0 Å². The van der Waals surface area contributed by atoms with Gasteiger partial charge < -0.3 is 60.3 Å². The van der Waals surface area contributed by atoms with Crippen molar-refractivity contribution in [3.05, 3.63) is 13.2 Å². The molecule has 0 aromatic rings.